The van der Waals surface area contributed by atoms with E-state index >= 15 is 0 Å². The predicted octanol–water partition coefficient (Wildman–Crippen LogP) is 3.66. The molecular formula is C25H26N6O. The second-order valence-electron chi connectivity index (χ2n) is 8.17. The van der Waals surface area contributed by atoms with E-state index in [0.717, 1.165) is 65.6 Å². The average Bonchev–Trinajstić information content (AvgIpc) is 3.15. The van der Waals surface area contributed by atoms with Gasteiger partial charge in [-0.3, -0.25) is 14.8 Å². The van der Waals surface area contributed by atoms with Gasteiger partial charge in [-0.05, 0) is 55.8 Å². The van der Waals surface area contributed by atoms with Crippen LogP contribution in [0.2, 0.25) is 0 Å². The van der Waals surface area contributed by atoms with E-state index in [4.69, 9.17) is 0 Å². The first kappa shape index (κ1) is 20.2. The maximum atomic E-state index is 12.8. The fourth-order valence-corrected chi connectivity index (χ4v) is 4.28. The Bertz CT molecular complexity index is 1200. The standard InChI is InChI=1S/C25H26N6O/c1-16-7-8-27-14-21(16)22-13-20-23(15-28-22)30-25(32)24(20)17(2)29-18-3-5-19(6-4-18)31-11-9-26-10-12-31/h3-8,13-15,26,29H,9-12H2,1-2H3,(H,30,32)/b24-17-. The van der Waals surface area contributed by atoms with Gasteiger partial charge in [-0.25, -0.2) is 0 Å². The molecule has 5 rings (SSSR count). The van der Waals surface area contributed by atoms with Gasteiger partial charge in [0.15, 0.2) is 0 Å². The van der Waals surface area contributed by atoms with Crippen LogP contribution in [0.15, 0.2) is 60.7 Å². The van der Waals surface area contributed by atoms with Crippen molar-refractivity contribution in [2.45, 2.75) is 13.8 Å². The number of aromatic nitrogens is 2. The van der Waals surface area contributed by atoms with Crippen molar-refractivity contribution in [2.75, 3.05) is 41.7 Å². The Morgan fingerprint density at radius 3 is 2.59 bits per heavy atom. The molecule has 0 aliphatic carbocycles. The molecule has 1 fully saturated rings. The Morgan fingerprint density at radius 1 is 1.06 bits per heavy atom. The Morgan fingerprint density at radius 2 is 1.84 bits per heavy atom. The molecule has 162 valence electrons. The van der Waals surface area contributed by atoms with Crippen molar-refractivity contribution in [1.29, 1.82) is 0 Å². The normalized spacial score (nSPS) is 17.1. The predicted molar refractivity (Wildman–Crippen MR) is 129 cm³/mol. The van der Waals surface area contributed by atoms with Crippen molar-refractivity contribution in [2.24, 2.45) is 0 Å². The number of aryl methyl sites for hydroxylation is 1. The zero-order chi connectivity index (χ0) is 22.1. The highest BCUT2D eigenvalue weighted by molar-refractivity contribution is 6.32. The molecular weight excluding hydrogens is 400 g/mol. The van der Waals surface area contributed by atoms with Crippen LogP contribution in [0.3, 0.4) is 0 Å². The minimum atomic E-state index is -0.121. The summed E-state index contributed by atoms with van der Waals surface area (Å²) in [7, 11) is 0. The lowest BCUT2D eigenvalue weighted by atomic mass is 10.0. The molecule has 0 radical (unpaired) electrons. The van der Waals surface area contributed by atoms with Gasteiger partial charge in [-0.2, -0.15) is 0 Å². The smallest absolute Gasteiger partial charge is 0.258 e. The van der Waals surface area contributed by atoms with Gasteiger partial charge < -0.3 is 20.9 Å². The van der Waals surface area contributed by atoms with Crippen LogP contribution in [0.4, 0.5) is 17.1 Å². The van der Waals surface area contributed by atoms with Crippen LogP contribution in [0.5, 0.6) is 0 Å². The molecule has 7 heteroatoms. The molecule has 0 bridgehead atoms. The van der Waals surface area contributed by atoms with Gasteiger partial charge in [0.1, 0.15) is 0 Å². The van der Waals surface area contributed by atoms with Crippen molar-refractivity contribution < 1.29 is 4.79 Å². The molecule has 0 atom stereocenters. The summed E-state index contributed by atoms with van der Waals surface area (Å²) in [6.45, 7) is 8.01. The first-order chi connectivity index (χ1) is 15.6. The van der Waals surface area contributed by atoms with E-state index in [1.807, 2.05) is 32.2 Å². The average molecular weight is 427 g/mol. The van der Waals surface area contributed by atoms with Crippen LogP contribution in [-0.4, -0.2) is 42.1 Å². The highest BCUT2D eigenvalue weighted by atomic mass is 16.2. The fraction of sp³-hybridized carbons (Fsp3) is 0.240. The molecule has 0 saturated carbocycles. The SMILES string of the molecule is C/C(Nc1ccc(N2CCNCC2)cc1)=C1/C(=O)Nc2cnc(-c3cnccc3C)cc21. The van der Waals surface area contributed by atoms with Crippen LogP contribution in [0, 0.1) is 6.92 Å². The number of hydrogen-bond donors (Lipinski definition) is 3. The summed E-state index contributed by atoms with van der Waals surface area (Å²) >= 11 is 0. The van der Waals surface area contributed by atoms with Gasteiger partial charge in [0, 0.05) is 66.8 Å². The van der Waals surface area contributed by atoms with Crippen LogP contribution in [0.1, 0.15) is 18.1 Å². The molecule has 1 aromatic carbocycles. The molecule has 32 heavy (non-hydrogen) atoms. The minimum Gasteiger partial charge on any atom is -0.369 e. The summed E-state index contributed by atoms with van der Waals surface area (Å²) in [4.78, 5) is 23.9. The number of nitrogens with one attached hydrogen (secondary N) is 3. The number of pyridine rings is 2. The monoisotopic (exact) mass is 426 g/mol. The number of fused-ring (bicyclic) bond motifs is 1. The largest absolute Gasteiger partial charge is 0.369 e. The first-order valence-corrected chi connectivity index (χ1v) is 10.9. The van der Waals surface area contributed by atoms with Gasteiger partial charge >= 0.3 is 0 Å². The molecule has 1 amide bonds. The maximum Gasteiger partial charge on any atom is 0.258 e. The zero-order valence-electron chi connectivity index (χ0n) is 18.3. The molecule has 2 aliphatic heterocycles. The molecule has 0 spiro atoms. The number of carbonyl (C=O) groups excluding carboxylic acids is 1. The fourth-order valence-electron chi connectivity index (χ4n) is 4.28. The maximum absolute atomic E-state index is 12.8. The molecule has 2 aliphatic rings. The van der Waals surface area contributed by atoms with Gasteiger partial charge in [0.2, 0.25) is 0 Å². The number of allylic oxidation sites excluding steroid dienone is 1. The molecule has 2 aromatic heterocycles. The molecule has 0 unspecified atom stereocenters. The Kier molecular flexibility index (Phi) is 5.33. The van der Waals surface area contributed by atoms with Gasteiger partial charge in [0.25, 0.3) is 5.91 Å². The number of anilines is 3. The summed E-state index contributed by atoms with van der Waals surface area (Å²) in [5, 5.41) is 9.72. The first-order valence-electron chi connectivity index (χ1n) is 10.9. The second kappa shape index (κ2) is 8.43. The lowest BCUT2D eigenvalue weighted by Gasteiger charge is -2.29. The molecule has 3 aromatic rings. The number of amides is 1. The zero-order valence-corrected chi connectivity index (χ0v) is 18.3. The van der Waals surface area contributed by atoms with Crippen molar-refractivity contribution in [3.05, 3.63) is 71.8 Å². The molecule has 7 nitrogen and oxygen atoms in total. The summed E-state index contributed by atoms with van der Waals surface area (Å²) in [5.74, 6) is -0.121. The Balaban J connectivity index is 1.43. The second-order valence-corrected chi connectivity index (χ2v) is 8.17. The third-order valence-corrected chi connectivity index (χ3v) is 6.02. The number of piperazine rings is 1. The Hall–Kier alpha value is -3.71. The van der Waals surface area contributed by atoms with E-state index in [1.165, 1.54) is 5.69 Å². The highest BCUT2D eigenvalue weighted by Gasteiger charge is 2.27. The quantitative estimate of drug-likeness (QED) is 0.553. The van der Waals surface area contributed by atoms with E-state index in [1.54, 1.807) is 12.4 Å². The summed E-state index contributed by atoms with van der Waals surface area (Å²) < 4.78 is 0. The van der Waals surface area contributed by atoms with E-state index in [-0.39, 0.29) is 5.91 Å². The van der Waals surface area contributed by atoms with Gasteiger partial charge in [0.05, 0.1) is 23.2 Å². The molecule has 1 saturated heterocycles. The number of carbonyl (C=O) groups is 1. The van der Waals surface area contributed by atoms with Crippen molar-refractivity contribution >= 4 is 28.5 Å². The summed E-state index contributed by atoms with van der Waals surface area (Å²) in [5.41, 5.74) is 8.04. The summed E-state index contributed by atoms with van der Waals surface area (Å²) in [6, 6.07) is 12.3. The number of nitrogens with zero attached hydrogens (tertiary/aromatic N) is 3. The van der Waals surface area contributed by atoms with Crippen LogP contribution < -0.4 is 20.9 Å². The number of rotatable bonds is 4. The van der Waals surface area contributed by atoms with Gasteiger partial charge in [-0.15, -0.1) is 0 Å². The van der Waals surface area contributed by atoms with Gasteiger partial charge in [-0.1, -0.05) is 0 Å². The van der Waals surface area contributed by atoms with E-state index in [0.29, 0.717) is 5.57 Å². The van der Waals surface area contributed by atoms with Crippen LogP contribution in [0.25, 0.3) is 16.8 Å². The third-order valence-electron chi connectivity index (χ3n) is 6.02. The minimum absolute atomic E-state index is 0.121. The molecule has 3 N–H and O–H groups in total. The van der Waals surface area contributed by atoms with Crippen molar-refractivity contribution in [3.8, 4) is 11.3 Å². The number of benzene rings is 1. The Labute approximate surface area is 187 Å². The lowest BCUT2D eigenvalue weighted by Crippen LogP contribution is -2.43. The van der Waals surface area contributed by atoms with E-state index in [2.05, 4.69) is 55.1 Å². The summed E-state index contributed by atoms with van der Waals surface area (Å²) in [6.07, 6.45) is 5.30. The van der Waals surface area contributed by atoms with Crippen molar-refractivity contribution in [1.82, 2.24) is 15.3 Å². The van der Waals surface area contributed by atoms with E-state index in [9.17, 15) is 4.79 Å². The van der Waals surface area contributed by atoms with Crippen LogP contribution in [-0.2, 0) is 4.79 Å². The van der Waals surface area contributed by atoms with Crippen LogP contribution >= 0.6 is 0 Å². The van der Waals surface area contributed by atoms with E-state index < -0.39 is 0 Å². The number of hydrogen-bond acceptors (Lipinski definition) is 6. The molecule has 4 heterocycles. The third kappa shape index (κ3) is 3.83. The lowest BCUT2D eigenvalue weighted by molar-refractivity contribution is -0.110. The topological polar surface area (TPSA) is 82.2 Å². The highest BCUT2D eigenvalue weighted by Crippen LogP contribution is 2.36. The van der Waals surface area contributed by atoms with Crippen molar-refractivity contribution in [3.63, 3.8) is 0 Å².